The highest BCUT2D eigenvalue weighted by Crippen LogP contribution is 2.17. The molecule has 1 aromatic carbocycles. The predicted molar refractivity (Wildman–Crippen MR) is 86.5 cm³/mol. The number of nitrogens with one attached hydrogen (secondary N) is 3. The van der Waals surface area contributed by atoms with E-state index in [4.69, 9.17) is 0 Å². The van der Waals surface area contributed by atoms with Crippen molar-refractivity contribution in [2.24, 2.45) is 0 Å². The molecule has 23 heavy (non-hydrogen) atoms. The summed E-state index contributed by atoms with van der Waals surface area (Å²) in [6.45, 7) is 0.415. The first-order valence-corrected chi connectivity index (χ1v) is 8.19. The number of halogens is 1. The van der Waals surface area contributed by atoms with Crippen LogP contribution >= 0.6 is 0 Å². The van der Waals surface area contributed by atoms with Crippen LogP contribution in [-0.2, 0) is 11.2 Å². The van der Waals surface area contributed by atoms with Crippen molar-refractivity contribution < 1.29 is 14.0 Å². The molecule has 0 radical (unpaired) electrons. The second kappa shape index (κ2) is 9.12. The van der Waals surface area contributed by atoms with Crippen LogP contribution in [-0.4, -0.2) is 31.1 Å². The maximum atomic E-state index is 12.8. The van der Waals surface area contributed by atoms with Gasteiger partial charge in [-0.2, -0.15) is 0 Å². The van der Waals surface area contributed by atoms with Gasteiger partial charge in [-0.05, 0) is 37.0 Å². The van der Waals surface area contributed by atoms with Crippen molar-refractivity contribution in [3.05, 3.63) is 35.6 Å². The average molecular weight is 321 g/mol. The van der Waals surface area contributed by atoms with Gasteiger partial charge in [-0.25, -0.2) is 9.18 Å². The van der Waals surface area contributed by atoms with Gasteiger partial charge in [-0.15, -0.1) is 0 Å². The van der Waals surface area contributed by atoms with E-state index in [1.54, 1.807) is 12.1 Å². The third-order valence-corrected chi connectivity index (χ3v) is 4.00. The molecule has 0 aromatic heterocycles. The average Bonchev–Trinajstić information content (AvgIpc) is 2.56. The van der Waals surface area contributed by atoms with Gasteiger partial charge in [0.25, 0.3) is 0 Å². The highest BCUT2D eigenvalue weighted by atomic mass is 19.1. The highest BCUT2D eigenvalue weighted by Gasteiger charge is 2.15. The van der Waals surface area contributed by atoms with Crippen molar-refractivity contribution in [3.8, 4) is 0 Å². The molecule has 6 heteroatoms. The number of urea groups is 1. The molecule has 1 aliphatic carbocycles. The smallest absolute Gasteiger partial charge is 0.315 e. The number of amides is 3. The van der Waals surface area contributed by atoms with Gasteiger partial charge in [0.1, 0.15) is 5.82 Å². The summed E-state index contributed by atoms with van der Waals surface area (Å²) >= 11 is 0. The fourth-order valence-electron chi connectivity index (χ4n) is 2.70. The SMILES string of the molecule is O=C(CNC(=O)NC1CCCCC1)NCCc1ccc(F)cc1. The van der Waals surface area contributed by atoms with Gasteiger partial charge in [0.05, 0.1) is 6.54 Å². The molecule has 5 nitrogen and oxygen atoms in total. The molecule has 0 saturated heterocycles. The Bertz CT molecular complexity index is 513. The minimum Gasteiger partial charge on any atom is -0.354 e. The number of rotatable bonds is 6. The highest BCUT2D eigenvalue weighted by molar-refractivity contribution is 5.83. The summed E-state index contributed by atoms with van der Waals surface area (Å²) in [6.07, 6.45) is 6.18. The van der Waals surface area contributed by atoms with Crippen LogP contribution in [0.5, 0.6) is 0 Å². The van der Waals surface area contributed by atoms with Gasteiger partial charge >= 0.3 is 6.03 Å². The lowest BCUT2D eigenvalue weighted by atomic mass is 9.96. The second-order valence-electron chi connectivity index (χ2n) is 5.89. The van der Waals surface area contributed by atoms with E-state index in [2.05, 4.69) is 16.0 Å². The van der Waals surface area contributed by atoms with Crippen molar-refractivity contribution in [3.63, 3.8) is 0 Å². The summed E-state index contributed by atoms with van der Waals surface area (Å²) in [4.78, 5) is 23.4. The van der Waals surface area contributed by atoms with Gasteiger partial charge in [0.15, 0.2) is 0 Å². The van der Waals surface area contributed by atoms with Crippen LogP contribution < -0.4 is 16.0 Å². The van der Waals surface area contributed by atoms with Gasteiger partial charge in [-0.3, -0.25) is 4.79 Å². The molecule has 0 unspecified atom stereocenters. The Kier molecular flexibility index (Phi) is 6.84. The van der Waals surface area contributed by atoms with E-state index in [9.17, 15) is 14.0 Å². The molecule has 0 atom stereocenters. The third kappa shape index (κ3) is 6.67. The van der Waals surface area contributed by atoms with Crippen LogP contribution in [0.1, 0.15) is 37.7 Å². The van der Waals surface area contributed by atoms with E-state index < -0.39 is 0 Å². The lowest BCUT2D eigenvalue weighted by molar-refractivity contribution is -0.120. The van der Waals surface area contributed by atoms with E-state index in [1.165, 1.54) is 18.6 Å². The van der Waals surface area contributed by atoms with Crippen LogP contribution in [0.15, 0.2) is 24.3 Å². The van der Waals surface area contributed by atoms with Crippen LogP contribution in [0.4, 0.5) is 9.18 Å². The van der Waals surface area contributed by atoms with Crippen LogP contribution in [0.3, 0.4) is 0 Å². The van der Waals surface area contributed by atoms with Crippen LogP contribution in [0, 0.1) is 5.82 Å². The fourth-order valence-corrected chi connectivity index (χ4v) is 2.70. The largest absolute Gasteiger partial charge is 0.354 e. The summed E-state index contributed by atoms with van der Waals surface area (Å²) < 4.78 is 12.8. The lowest BCUT2D eigenvalue weighted by Gasteiger charge is -2.22. The fraction of sp³-hybridized carbons (Fsp3) is 0.529. The maximum Gasteiger partial charge on any atom is 0.315 e. The Balaban J connectivity index is 1.57. The molecule has 0 spiro atoms. The molecule has 3 amide bonds. The minimum absolute atomic E-state index is 0.0397. The Morgan fingerprint density at radius 3 is 2.43 bits per heavy atom. The Hall–Kier alpha value is -2.11. The lowest BCUT2D eigenvalue weighted by Crippen LogP contribution is -2.46. The topological polar surface area (TPSA) is 70.2 Å². The maximum absolute atomic E-state index is 12.8. The van der Waals surface area contributed by atoms with Gasteiger partial charge < -0.3 is 16.0 Å². The molecule has 1 fully saturated rings. The van der Waals surface area contributed by atoms with E-state index in [0.717, 1.165) is 31.2 Å². The molecule has 1 saturated carbocycles. The second-order valence-corrected chi connectivity index (χ2v) is 5.89. The monoisotopic (exact) mass is 321 g/mol. The Labute approximate surface area is 136 Å². The third-order valence-electron chi connectivity index (χ3n) is 4.00. The summed E-state index contributed by atoms with van der Waals surface area (Å²) in [5, 5.41) is 8.20. The first-order chi connectivity index (χ1) is 11.1. The standard InChI is InChI=1S/C17H24FN3O2/c18-14-8-6-13(7-9-14)10-11-19-16(22)12-20-17(23)21-15-4-2-1-3-5-15/h6-9,15H,1-5,10-12H2,(H,19,22)(H2,20,21,23). The summed E-state index contributed by atoms with van der Waals surface area (Å²) in [5.74, 6) is -0.503. The van der Waals surface area contributed by atoms with E-state index in [-0.39, 0.29) is 30.3 Å². The van der Waals surface area contributed by atoms with Gasteiger partial charge in [-0.1, -0.05) is 31.4 Å². The predicted octanol–water partition coefficient (Wildman–Crippen LogP) is 2.12. The Morgan fingerprint density at radius 2 is 1.74 bits per heavy atom. The Morgan fingerprint density at radius 1 is 1.04 bits per heavy atom. The van der Waals surface area contributed by atoms with Crippen molar-refractivity contribution in [2.75, 3.05) is 13.1 Å². The van der Waals surface area contributed by atoms with Crippen LogP contribution in [0.2, 0.25) is 0 Å². The quantitative estimate of drug-likeness (QED) is 0.751. The summed E-state index contributed by atoms with van der Waals surface area (Å²) in [6, 6.07) is 6.12. The van der Waals surface area contributed by atoms with Crippen LogP contribution in [0.25, 0.3) is 0 Å². The first-order valence-electron chi connectivity index (χ1n) is 8.19. The normalized spacial score (nSPS) is 15.0. The van der Waals surface area contributed by atoms with E-state index >= 15 is 0 Å². The zero-order valence-electron chi connectivity index (χ0n) is 13.2. The number of carbonyl (C=O) groups is 2. The minimum atomic E-state index is -0.286. The number of benzene rings is 1. The zero-order chi connectivity index (χ0) is 16.5. The van der Waals surface area contributed by atoms with Crippen molar-refractivity contribution in [1.82, 2.24) is 16.0 Å². The van der Waals surface area contributed by atoms with Crippen molar-refractivity contribution in [2.45, 2.75) is 44.6 Å². The van der Waals surface area contributed by atoms with Crippen molar-refractivity contribution >= 4 is 11.9 Å². The first kappa shape index (κ1) is 17.2. The molecular formula is C17H24FN3O2. The molecule has 0 aliphatic heterocycles. The number of hydrogen-bond acceptors (Lipinski definition) is 2. The molecule has 0 heterocycles. The van der Waals surface area contributed by atoms with Gasteiger partial charge in [0, 0.05) is 12.6 Å². The molecule has 126 valence electrons. The molecular weight excluding hydrogens is 297 g/mol. The van der Waals surface area contributed by atoms with E-state index in [1.807, 2.05) is 0 Å². The van der Waals surface area contributed by atoms with Gasteiger partial charge in [0.2, 0.25) is 5.91 Å². The molecule has 3 N–H and O–H groups in total. The van der Waals surface area contributed by atoms with E-state index in [0.29, 0.717) is 13.0 Å². The molecule has 1 aliphatic rings. The number of hydrogen-bond donors (Lipinski definition) is 3. The molecule has 0 bridgehead atoms. The molecule has 2 rings (SSSR count). The molecule has 1 aromatic rings. The number of carbonyl (C=O) groups excluding carboxylic acids is 2. The summed E-state index contributed by atoms with van der Waals surface area (Å²) in [5.41, 5.74) is 0.953. The summed E-state index contributed by atoms with van der Waals surface area (Å²) in [7, 11) is 0. The zero-order valence-corrected chi connectivity index (χ0v) is 13.2. The van der Waals surface area contributed by atoms with Crippen molar-refractivity contribution in [1.29, 1.82) is 0 Å².